The zero-order chi connectivity index (χ0) is 20.4. The van der Waals surface area contributed by atoms with Crippen LogP contribution in [0.4, 0.5) is 5.69 Å². The Kier molecular flexibility index (Phi) is 7.89. The molecule has 1 atom stereocenters. The van der Waals surface area contributed by atoms with Crippen LogP contribution in [0.1, 0.15) is 29.5 Å². The number of benzene rings is 1. The molecule has 2 rings (SSSR count). The molecule has 0 bridgehead atoms. The summed E-state index contributed by atoms with van der Waals surface area (Å²) in [4.78, 5) is 12.1. The van der Waals surface area contributed by atoms with Crippen LogP contribution in [0.25, 0.3) is 5.57 Å². The highest BCUT2D eigenvalue weighted by molar-refractivity contribution is 5.91. The second kappa shape index (κ2) is 10.6. The van der Waals surface area contributed by atoms with Crippen molar-refractivity contribution in [3.63, 3.8) is 0 Å². The van der Waals surface area contributed by atoms with Gasteiger partial charge in [-0.05, 0) is 29.8 Å². The number of H-pyrrole nitrogens is 1. The van der Waals surface area contributed by atoms with Gasteiger partial charge in [-0.25, -0.2) is 4.79 Å². The van der Waals surface area contributed by atoms with Crippen LogP contribution in [0.3, 0.4) is 0 Å². The fourth-order valence-electron chi connectivity index (χ4n) is 1.99. The maximum atomic E-state index is 12.1. The first kappa shape index (κ1) is 20.8. The number of aliphatic hydroxyl groups is 2. The third kappa shape index (κ3) is 5.76. The third-order valence-corrected chi connectivity index (χ3v) is 3.37. The first-order chi connectivity index (χ1) is 13.6. The number of anilines is 1. The number of nitrogens with one attached hydrogen (secondary N) is 2. The number of nitrogens with zero attached hydrogens (tertiary/aromatic N) is 4. The summed E-state index contributed by atoms with van der Waals surface area (Å²) >= 11 is 0. The van der Waals surface area contributed by atoms with Crippen molar-refractivity contribution in [3.8, 4) is 11.8 Å². The molecule has 1 aromatic carbocycles. The van der Waals surface area contributed by atoms with E-state index in [2.05, 4.69) is 25.9 Å². The van der Waals surface area contributed by atoms with Crippen molar-refractivity contribution in [3.05, 3.63) is 35.8 Å². The topological polar surface area (TPSA) is 166 Å². The number of ether oxygens (including phenoxy) is 2. The number of aromatic nitrogens is 4. The van der Waals surface area contributed by atoms with Crippen LogP contribution >= 0.6 is 0 Å². The summed E-state index contributed by atoms with van der Waals surface area (Å²) in [5.41, 5.74) is 0.735. The smallest absolute Gasteiger partial charge is 0.338 e. The predicted molar refractivity (Wildman–Crippen MR) is 97.0 cm³/mol. The average Bonchev–Trinajstić information content (AvgIpc) is 3.25. The number of aromatic amines is 1. The van der Waals surface area contributed by atoms with E-state index in [0.29, 0.717) is 18.0 Å². The molecule has 0 aliphatic carbocycles. The molecule has 1 aromatic heterocycles. The van der Waals surface area contributed by atoms with Crippen LogP contribution in [-0.2, 0) is 4.74 Å². The Hall–Kier alpha value is -3.49. The van der Waals surface area contributed by atoms with Gasteiger partial charge in [-0.1, -0.05) is 6.92 Å². The van der Waals surface area contributed by atoms with E-state index in [0.717, 1.165) is 6.42 Å². The highest BCUT2D eigenvalue weighted by atomic mass is 16.5. The molecular weight excluding hydrogens is 368 g/mol. The molecule has 11 nitrogen and oxygen atoms in total. The summed E-state index contributed by atoms with van der Waals surface area (Å²) in [7, 11) is 0. The van der Waals surface area contributed by atoms with Crippen molar-refractivity contribution in [2.75, 3.05) is 25.1 Å². The van der Waals surface area contributed by atoms with Gasteiger partial charge in [0.1, 0.15) is 30.1 Å². The van der Waals surface area contributed by atoms with Crippen molar-refractivity contribution in [2.45, 2.75) is 19.4 Å². The summed E-state index contributed by atoms with van der Waals surface area (Å²) in [5, 5.41) is 43.4. The summed E-state index contributed by atoms with van der Waals surface area (Å²) in [5.74, 6) is -0.102. The maximum Gasteiger partial charge on any atom is 0.338 e. The Balaban J connectivity index is 2.23. The van der Waals surface area contributed by atoms with E-state index < -0.39 is 18.7 Å². The van der Waals surface area contributed by atoms with Gasteiger partial charge in [-0.3, -0.25) is 0 Å². The fraction of sp³-hybridized carbons (Fsp3) is 0.353. The minimum atomic E-state index is -1.15. The Bertz CT molecular complexity index is 846. The molecule has 28 heavy (non-hydrogen) atoms. The van der Waals surface area contributed by atoms with E-state index in [1.807, 2.05) is 13.0 Å². The van der Waals surface area contributed by atoms with Gasteiger partial charge in [-0.2, -0.15) is 10.5 Å². The first-order valence-electron chi connectivity index (χ1n) is 8.42. The van der Waals surface area contributed by atoms with Gasteiger partial charge >= 0.3 is 5.97 Å². The minimum Gasteiger partial charge on any atom is -0.491 e. The largest absolute Gasteiger partial charge is 0.491 e. The normalized spacial score (nSPS) is 12.1. The van der Waals surface area contributed by atoms with E-state index in [4.69, 9.17) is 14.6 Å². The Labute approximate surface area is 160 Å². The lowest BCUT2D eigenvalue weighted by Gasteiger charge is -2.13. The standard InChI is InChI=1S/C17H20N6O5/c1-2-5-27-15-4-3-11(17(26)28-10-13(25)9-24)6-14(15)19-8-12(7-18)16-20-22-23-21-16/h3-4,6,8,13,19,24-25H,2,5,9-10H2,1H3,(H,20,21,22,23). The predicted octanol–water partition coefficient (Wildman–Crippen LogP) is 0.475. The molecule has 1 heterocycles. The molecule has 148 valence electrons. The molecule has 1 unspecified atom stereocenters. The van der Waals surface area contributed by atoms with E-state index in [9.17, 15) is 15.2 Å². The number of aliphatic hydroxyl groups excluding tert-OH is 2. The SMILES string of the molecule is CCCOc1ccc(C(=O)OCC(O)CO)cc1NC=C(C#N)c1nn[nH]n1. The number of hydrogen-bond acceptors (Lipinski definition) is 10. The molecule has 11 heteroatoms. The van der Waals surface area contributed by atoms with E-state index in [-0.39, 0.29) is 23.6 Å². The molecule has 0 fully saturated rings. The van der Waals surface area contributed by atoms with Gasteiger partial charge < -0.3 is 25.0 Å². The molecule has 0 saturated heterocycles. The van der Waals surface area contributed by atoms with Crippen molar-refractivity contribution in [1.82, 2.24) is 20.6 Å². The van der Waals surface area contributed by atoms with Crippen molar-refractivity contribution in [1.29, 1.82) is 5.26 Å². The number of esters is 1. The number of nitriles is 1. The average molecular weight is 388 g/mol. The highest BCUT2D eigenvalue weighted by Gasteiger charge is 2.14. The number of tetrazole rings is 1. The molecule has 0 saturated carbocycles. The molecule has 0 spiro atoms. The first-order valence-corrected chi connectivity index (χ1v) is 8.42. The van der Waals surface area contributed by atoms with Crippen LogP contribution in [0.5, 0.6) is 5.75 Å². The van der Waals surface area contributed by atoms with Crippen LogP contribution in [0, 0.1) is 11.3 Å². The molecule has 0 radical (unpaired) electrons. The van der Waals surface area contributed by atoms with E-state index >= 15 is 0 Å². The maximum absolute atomic E-state index is 12.1. The number of allylic oxidation sites excluding steroid dienone is 1. The molecule has 2 aromatic rings. The van der Waals surface area contributed by atoms with Gasteiger partial charge in [-0.15, -0.1) is 10.2 Å². The lowest BCUT2D eigenvalue weighted by molar-refractivity contribution is 0.00933. The van der Waals surface area contributed by atoms with Crippen LogP contribution in [0.2, 0.25) is 0 Å². The number of carbonyl (C=O) groups excluding carboxylic acids is 1. The molecular formula is C17H20N6O5. The van der Waals surface area contributed by atoms with E-state index in [1.54, 1.807) is 6.07 Å². The zero-order valence-corrected chi connectivity index (χ0v) is 15.1. The monoisotopic (exact) mass is 388 g/mol. The molecule has 0 amide bonds. The van der Waals surface area contributed by atoms with E-state index in [1.165, 1.54) is 18.3 Å². The van der Waals surface area contributed by atoms with Crippen molar-refractivity contribution >= 4 is 17.2 Å². The number of hydrogen-bond donors (Lipinski definition) is 4. The second-order valence-corrected chi connectivity index (χ2v) is 5.54. The molecule has 0 aliphatic rings. The summed E-state index contributed by atoms with van der Waals surface area (Å²) < 4.78 is 10.6. The summed E-state index contributed by atoms with van der Waals surface area (Å²) in [6.07, 6.45) is 0.999. The van der Waals surface area contributed by atoms with Gasteiger partial charge in [0.05, 0.1) is 24.5 Å². The van der Waals surface area contributed by atoms with Gasteiger partial charge in [0.25, 0.3) is 0 Å². The lowest BCUT2D eigenvalue weighted by Crippen LogP contribution is -2.22. The van der Waals surface area contributed by atoms with Crippen molar-refractivity contribution < 1.29 is 24.5 Å². The van der Waals surface area contributed by atoms with Gasteiger partial charge in [0.2, 0.25) is 5.82 Å². The minimum absolute atomic E-state index is 0.111. The Morgan fingerprint density at radius 3 is 2.96 bits per heavy atom. The number of carbonyl (C=O) groups is 1. The Morgan fingerprint density at radius 1 is 1.50 bits per heavy atom. The summed E-state index contributed by atoms with van der Waals surface area (Å²) in [6, 6.07) is 6.53. The quantitative estimate of drug-likeness (QED) is 0.332. The summed E-state index contributed by atoms with van der Waals surface area (Å²) in [6.45, 7) is 1.57. The zero-order valence-electron chi connectivity index (χ0n) is 15.1. The second-order valence-electron chi connectivity index (χ2n) is 5.54. The lowest BCUT2D eigenvalue weighted by atomic mass is 10.2. The Morgan fingerprint density at radius 2 is 2.32 bits per heavy atom. The van der Waals surface area contributed by atoms with Crippen molar-refractivity contribution in [2.24, 2.45) is 0 Å². The molecule has 4 N–H and O–H groups in total. The third-order valence-electron chi connectivity index (χ3n) is 3.37. The molecule has 0 aliphatic heterocycles. The van der Waals surface area contributed by atoms with Gasteiger partial charge in [0.15, 0.2) is 0 Å². The number of rotatable bonds is 10. The highest BCUT2D eigenvalue weighted by Crippen LogP contribution is 2.27. The fourth-order valence-corrected chi connectivity index (χ4v) is 1.99. The van der Waals surface area contributed by atoms with Crippen LogP contribution < -0.4 is 10.1 Å². The van der Waals surface area contributed by atoms with Crippen LogP contribution in [0.15, 0.2) is 24.4 Å². The van der Waals surface area contributed by atoms with Gasteiger partial charge in [0, 0.05) is 6.20 Å². The van der Waals surface area contributed by atoms with Crippen LogP contribution in [-0.4, -0.2) is 62.7 Å².